The van der Waals surface area contributed by atoms with E-state index in [1.807, 2.05) is 0 Å². The van der Waals surface area contributed by atoms with Crippen LogP contribution in [0.3, 0.4) is 0 Å². The highest BCUT2D eigenvalue weighted by molar-refractivity contribution is 4.88. The number of nitrogens with one attached hydrogen (secondary N) is 1. The molecule has 0 bridgehead atoms. The maximum Gasteiger partial charge on any atom is 0.0108 e. The van der Waals surface area contributed by atoms with Crippen molar-refractivity contribution in [2.45, 2.75) is 79.3 Å². The number of nitrogens with zero attached hydrogens (tertiary/aromatic N) is 1. The van der Waals surface area contributed by atoms with Crippen LogP contribution >= 0.6 is 0 Å². The summed E-state index contributed by atoms with van der Waals surface area (Å²) in [6, 6.07) is 1.42. The van der Waals surface area contributed by atoms with E-state index in [2.05, 4.69) is 51.8 Å². The number of rotatable bonds is 8. The Bertz CT molecular complexity index is 250. The highest BCUT2D eigenvalue weighted by atomic mass is 15.1. The van der Waals surface area contributed by atoms with Crippen molar-refractivity contribution in [2.24, 2.45) is 17.8 Å². The van der Waals surface area contributed by atoms with Crippen molar-refractivity contribution in [1.82, 2.24) is 10.2 Å². The Labute approximate surface area is 127 Å². The van der Waals surface area contributed by atoms with Crippen LogP contribution in [0.2, 0.25) is 0 Å². The first-order valence-corrected chi connectivity index (χ1v) is 8.96. The van der Waals surface area contributed by atoms with Gasteiger partial charge in [-0.3, -0.25) is 0 Å². The third-order valence-electron chi connectivity index (χ3n) is 5.23. The Morgan fingerprint density at radius 2 is 1.80 bits per heavy atom. The second-order valence-electron chi connectivity index (χ2n) is 7.32. The zero-order chi connectivity index (χ0) is 15.1. The SMILES string of the molecule is CCCNC1CCC(C(C)C)CC1CN(CC)C(C)C. The summed E-state index contributed by atoms with van der Waals surface area (Å²) in [6.45, 7) is 17.7. The third-order valence-corrected chi connectivity index (χ3v) is 5.23. The molecule has 0 radical (unpaired) electrons. The third kappa shape index (κ3) is 5.37. The van der Waals surface area contributed by atoms with Crippen molar-refractivity contribution in [2.75, 3.05) is 19.6 Å². The zero-order valence-corrected chi connectivity index (χ0v) is 14.8. The molecular weight excluding hydrogens is 244 g/mol. The van der Waals surface area contributed by atoms with Gasteiger partial charge in [0.1, 0.15) is 0 Å². The minimum atomic E-state index is 0.672. The van der Waals surface area contributed by atoms with Crippen molar-refractivity contribution in [1.29, 1.82) is 0 Å². The lowest BCUT2D eigenvalue weighted by Gasteiger charge is -2.41. The highest BCUT2D eigenvalue weighted by Crippen LogP contribution is 2.34. The molecule has 1 rings (SSSR count). The van der Waals surface area contributed by atoms with Crippen LogP contribution in [0.4, 0.5) is 0 Å². The smallest absolute Gasteiger partial charge is 0.0108 e. The van der Waals surface area contributed by atoms with Gasteiger partial charge in [0.25, 0.3) is 0 Å². The van der Waals surface area contributed by atoms with Gasteiger partial charge in [-0.25, -0.2) is 0 Å². The molecule has 1 aliphatic carbocycles. The van der Waals surface area contributed by atoms with Gasteiger partial charge in [-0.1, -0.05) is 27.7 Å². The van der Waals surface area contributed by atoms with Crippen LogP contribution in [0.25, 0.3) is 0 Å². The van der Waals surface area contributed by atoms with Gasteiger partial charge in [-0.2, -0.15) is 0 Å². The standard InChI is InChI=1S/C18H38N2/c1-7-11-19-18-10-9-16(14(3)4)12-17(18)13-20(8-2)15(5)6/h14-19H,7-13H2,1-6H3. The molecule has 3 atom stereocenters. The molecule has 2 nitrogen and oxygen atoms in total. The Hall–Kier alpha value is -0.0800. The molecule has 120 valence electrons. The summed E-state index contributed by atoms with van der Waals surface area (Å²) in [6.07, 6.45) is 5.47. The van der Waals surface area contributed by atoms with E-state index in [0.29, 0.717) is 6.04 Å². The van der Waals surface area contributed by atoms with Crippen LogP contribution in [0.15, 0.2) is 0 Å². The average Bonchev–Trinajstić information content (AvgIpc) is 2.42. The van der Waals surface area contributed by atoms with Gasteiger partial charge in [0.15, 0.2) is 0 Å². The molecule has 0 saturated heterocycles. The summed E-state index contributed by atoms with van der Waals surface area (Å²) < 4.78 is 0. The van der Waals surface area contributed by atoms with Gasteiger partial charge >= 0.3 is 0 Å². The van der Waals surface area contributed by atoms with Gasteiger partial charge in [0, 0.05) is 18.6 Å². The van der Waals surface area contributed by atoms with Gasteiger partial charge < -0.3 is 10.2 Å². The molecule has 0 heterocycles. The first-order valence-electron chi connectivity index (χ1n) is 8.96. The minimum absolute atomic E-state index is 0.672. The van der Waals surface area contributed by atoms with Crippen LogP contribution in [0.5, 0.6) is 0 Å². The summed E-state index contributed by atoms with van der Waals surface area (Å²) in [5.41, 5.74) is 0. The monoisotopic (exact) mass is 282 g/mol. The predicted molar refractivity (Wildman–Crippen MR) is 90.1 cm³/mol. The molecule has 0 aliphatic heterocycles. The quantitative estimate of drug-likeness (QED) is 0.719. The second-order valence-corrected chi connectivity index (χ2v) is 7.32. The number of hydrogen-bond acceptors (Lipinski definition) is 2. The van der Waals surface area contributed by atoms with Crippen LogP contribution in [-0.4, -0.2) is 36.6 Å². The van der Waals surface area contributed by atoms with Crippen molar-refractivity contribution in [3.05, 3.63) is 0 Å². The molecule has 0 amide bonds. The van der Waals surface area contributed by atoms with E-state index in [4.69, 9.17) is 0 Å². The van der Waals surface area contributed by atoms with Gasteiger partial charge in [-0.15, -0.1) is 0 Å². The molecule has 2 heteroatoms. The van der Waals surface area contributed by atoms with Crippen molar-refractivity contribution >= 4 is 0 Å². The molecule has 1 saturated carbocycles. The number of hydrogen-bond donors (Lipinski definition) is 1. The largest absolute Gasteiger partial charge is 0.314 e. The Kier molecular flexibility index (Phi) is 8.13. The molecule has 0 aromatic carbocycles. The van der Waals surface area contributed by atoms with Crippen LogP contribution in [-0.2, 0) is 0 Å². The van der Waals surface area contributed by atoms with E-state index in [1.54, 1.807) is 0 Å². The summed E-state index contributed by atoms with van der Waals surface area (Å²) in [4.78, 5) is 2.65. The predicted octanol–water partition coefficient (Wildman–Crippen LogP) is 4.16. The first-order chi connectivity index (χ1) is 9.49. The molecule has 0 aromatic heterocycles. The van der Waals surface area contributed by atoms with Crippen LogP contribution in [0.1, 0.15) is 67.2 Å². The lowest BCUT2D eigenvalue weighted by molar-refractivity contribution is 0.109. The maximum atomic E-state index is 3.82. The molecule has 1 fully saturated rings. The van der Waals surface area contributed by atoms with E-state index in [1.165, 1.54) is 45.3 Å². The van der Waals surface area contributed by atoms with Crippen LogP contribution < -0.4 is 5.32 Å². The summed E-state index contributed by atoms with van der Waals surface area (Å²) >= 11 is 0. The topological polar surface area (TPSA) is 15.3 Å². The van der Waals surface area contributed by atoms with Crippen molar-refractivity contribution in [3.8, 4) is 0 Å². The zero-order valence-electron chi connectivity index (χ0n) is 14.8. The Morgan fingerprint density at radius 1 is 1.10 bits per heavy atom. The second kappa shape index (κ2) is 9.04. The fraction of sp³-hybridized carbons (Fsp3) is 1.00. The average molecular weight is 283 g/mol. The van der Waals surface area contributed by atoms with Crippen LogP contribution in [0, 0.1) is 17.8 Å². The minimum Gasteiger partial charge on any atom is -0.314 e. The Morgan fingerprint density at radius 3 is 2.30 bits per heavy atom. The normalized spacial score (nSPS) is 27.8. The van der Waals surface area contributed by atoms with Crippen molar-refractivity contribution < 1.29 is 0 Å². The van der Waals surface area contributed by atoms with E-state index in [0.717, 1.165) is 23.8 Å². The van der Waals surface area contributed by atoms with Crippen molar-refractivity contribution in [3.63, 3.8) is 0 Å². The maximum absolute atomic E-state index is 3.82. The fourth-order valence-corrected chi connectivity index (χ4v) is 3.71. The molecular formula is C18H38N2. The summed E-state index contributed by atoms with van der Waals surface area (Å²) in [5, 5.41) is 3.82. The fourth-order valence-electron chi connectivity index (χ4n) is 3.71. The van der Waals surface area contributed by atoms with E-state index in [-0.39, 0.29) is 0 Å². The Balaban J connectivity index is 2.65. The van der Waals surface area contributed by atoms with Gasteiger partial charge in [-0.05, 0) is 70.4 Å². The molecule has 20 heavy (non-hydrogen) atoms. The molecule has 0 aromatic rings. The van der Waals surface area contributed by atoms with Gasteiger partial charge in [0.2, 0.25) is 0 Å². The van der Waals surface area contributed by atoms with Gasteiger partial charge in [0.05, 0.1) is 0 Å². The first kappa shape index (κ1) is 18.0. The summed E-state index contributed by atoms with van der Waals surface area (Å²) in [7, 11) is 0. The summed E-state index contributed by atoms with van der Waals surface area (Å²) in [5.74, 6) is 2.62. The highest BCUT2D eigenvalue weighted by Gasteiger charge is 2.32. The lowest BCUT2D eigenvalue weighted by Crippen LogP contribution is -2.48. The molecule has 1 N–H and O–H groups in total. The van der Waals surface area contributed by atoms with E-state index >= 15 is 0 Å². The van der Waals surface area contributed by atoms with E-state index in [9.17, 15) is 0 Å². The lowest BCUT2D eigenvalue weighted by atomic mass is 9.73. The molecule has 0 spiro atoms. The van der Waals surface area contributed by atoms with E-state index < -0.39 is 0 Å². The molecule has 3 unspecified atom stereocenters. The molecule has 1 aliphatic rings.